The second kappa shape index (κ2) is 4.31. The summed E-state index contributed by atoms with van der Waals surface area (Å²) in [5.74, 6) is 0.0548. The van der Waals surface area contributed by atoms with E-state index in [2.05, 4.69) is 11.2 Å². The van der Waals surface area contributed by atoms with E-state index < -0.39 is 5.54 Å². The number of hydrogen-bond acceptors (Lipinski definition) is 4. The number of carbonyl (C=O) groups is 1. The molecule has 3 heterocycles. The molecule has 2 aliphatic rings. The Hall–Kier alpha value is -1.40. The molecule has 1 spiro atoms. The average molecular weight is 264 g/mol. The Kier molecular flexibility index (Phi) is 2.87. The zero-order chi connectivity index (χ0) is 13.5. The number of ether oxygens (including phenoxy) is 2. The molecule has 2 fully saturated rings. The van der Waals surface area contributed by atoms with Gasteiger partial charge in [0.05, 0.1) is 32.6 Å². The molecule has 2 aliphatic heterocycles. The van der Waals surface area contributed by atoms with Gasteiger partial charge < -0.3 is 14.4 Å². The largest absolute Gasteiger partial charge is 0.375 e. The predicted octanol–water partition coefficient (Wildman–Crippen LogP) is 0.0462. The van der Waals surface area contributed by atoms with E-state index in [0.29, 0.717) is 32.9 Å². The second-order valence-corrected chi connectivity index (χ2v) is 5.69. The molecule has 1 radical (unpaired) electrons. The zero-order valence-corrected chi connectivity index (χ0v) is 11.3. The van der Waals surface area contributed by atoms with Gasteiger partial charge in [0, 0.05) is 18.8 Å². The molecule has 6 nitrogen and oxygen atoms in total. The van der Waals surface area contributed by atoms with Crippen LogP contribution in [0.5, 0.6) is 0 Å². The van der Waals surface area contributed by atoms with Crippen molar-refractivity contribution in [1.82, 2.24) is 14.7 Å². The van der Waals surface area contributed by atoms with Gasteiger partial charge in [-0.1, -0.05) is 0 Å². The molecule has 1 aromatic heterocycles. The lowest BCUT2D eigenvalue weighted by Crippen LogP contribution is -2.65. The summed E-state index contributed by atoms with van der Waals surface area (Å²) in [5.41, 5.74) is -0.983. The van der Waals surface area contributed by atoms with Gasteiger partial charge in [0.15, 0.2) is 0 Å². The quantitative estimate of drug-likeness (QED) is 0.757. The van der Waals surface area contributed by atoms with Crippen molar-refractivity contribution in [3.8, 4) is 0 Å². The summed E-state index contributed by atoms with van der Waals surface area (Å²) in [4.78, 5) is 14.6. The molecule has 0 N–H and O–H groups in total. The fraction of sp³-hybridized carbons (Fsp3) is 0.692. The third kappa shape index (κ3) is 2.04. The van der Waals surface area contributed by atoms with Gasteiger partial charge in [0.25, 0.3) is 0 Å². The Balaban J connectivity index is 1.76. The van der Waals surface area contributed by atoms with Crippen molar-refractivity contribution in [2.75, 3.05) is 32.9 Å². The van der Waals surface area contributed by atoms with Crippen LogP contribution in [0, 0.1) is 6.07 Å². The molecule has 0 unspecified atom stereocenters. The highest BCUT2D eigenvalue weighted by molar-refractivity contribution is 5.83. The van der Waals surface area contributed by atoms with Crippen LogP contribution in [0.2, 0.25) is 0 Å². The number of amides is 1. The van der Waals surface area contributed by atoms with Crippen molar-refractivity contribution >= 4 is 5.91 Å². The summed E-state index contributed by atoms with van der Waals surface area (Å²) in [7, 11) is 0. The summed E-state index contributed by atoms with van der Waals surface area (Å²) >= 11 is 0. The van der Waals surface area contributed by atoms with E-state index >= 15 is 0 Å². The zero-order valence-electron chi connectivity index (χ0n) is 11.3. The fourth-order valence-electron chi connectivity index (χ4n) is 2.55. The lowest BCUT2D eigenvalue weighted by Gasteiger charge is -2.48. The molecule has 0 aromatic carbocycles. The third-order valence-electron chi connectivity index (χ3n) is 3.82. The lowest BCUT2D eigenvalue weighted by molar-refractivity contribution is -0.238. The lowest BCUT2D eigenvalue weighted by atomic mass is 9.97. The Labute approximate surface area is 112 Å². The molecule has 1 amide bonds. The summed E-state index contributed by atoms with van der Waals surface area (Å²) in [6.07, 6.45) is 3.26. The minimum Gasteiger partial charge on any atom is -0.375 e. The van der Waals surface area contributed by atoms with Crippen LogP contribution in [-0.2, 0) is 19.8 Å². The molecule has 1 aromatic rings. The van der Waals surface area contributed by atoms with Gasteiger partial charge in [0.1, 0.15) is 11.1 Å². The smallest absolute Gasteiger partial charge is 0.250 e. The van der Waals surface area contributed by atoms with E-state index in [4.69, 9.17) is 9.47 Å². The first kappa shape index (κ1) is 12.6. The Morgan fingerprint density at radius 3 is 2.84 bits per heavy atom. The Morgan fingerprint density at radius 1 is 1.47 bits per heavy atom. The van der Waals surface area contributed by atoms with Gasteiger partial charge in [-0.2, -0.15) is 5.10 Å². The maximum atomic E-state index is 12.7. The van der Waals surface area contributed by atoms with Crippen molar-refractivity contribution in [3.63, 3.8) is 0 Å². The van der Waals surface area contributed by atoms with Crippen LogP contribution in [0.15, 0.2) is 12.4 Å². The minimum absolute atomic E-state index is 0.0548. The van der Waals surface area contributed by atoms with E-state index in [-0.39, 0.29) is 11.5 Å². The van der Waals surface area contributed by atoms with Crippen LogP contribution < -0.4 is 0 Å². The maximum Gasteiger partial charge on any atom is 0.250 e. The number of carbonyl (C=O) groups excluding carboxylic acids is 1. The monoisotopic (exact) mass is 264 g/mol. The summed E-state index contributed by atoms with van der Waals surface area (Å²) in [5, 5.41) is 4.13. The van der Waals surface area contributed by atoms with E-state index in [9.17, 15) is 4.79 Å². The molecule has 19 heavy (non-hydrogen) atoms. The van der Waals surface area contributed by atoms with E-state index in [1.807, 2.05) is 18.7 Å². The molecule has 6 heteroatoms. The highest BCUT2D eigenvalue weighted by atomic mass is 16.6. The van der Waals surface area contributed by atoms with Crippen molar-refractivity contribution in [3.05, 3.63) is 18.5 Å². The summed E-state index contributed by atoms with van der Waals surface area (Å²) < 4.78 is 12.6. The average Bonchev–Trinajstić information content (AvgIpc) is 2.90. The molecular formula is C13H18N3O3. The number of aromatic nitrogens is 2. The molecule has 3 rings (SSSR count). The van der Waals surface area contributed by atoms with Crippen molar-refractivity contribution < 1.29 is 14.3 Å². The van der Waals surface area contributed by atoms with Gasteiger partial charge in [-0.25, -0.2) is 0 Å². The first-order valence-electron chi connectivity index (χ1n) is 6.46. The minimum atomic E-state index is -0.705. The molecular weight excluding hydrogens is 246 g/mol. The number of morpholine rings is 1. The molecule has 0 aliphatic carbocycles. The van der Waals surface area contributed by atoms with Gasteiger partial charge in [-0.3, -0.25) is 9.48 Å². The van der Waals surface area contributed by atoms with Crippen LogP contribution in [0.4, 0.5) is 0 Å². The summed E-state index contributed by atoms with van der Waals surface area (Å²) in [6, 6.07) is 2.87. The third-order valence-corrected chi connectivity index (χ3v) is 3.82. The van der Waals surface area contributed by atoms with Crippen LogP contribution in [0.1, 0.15) is 13.8 Å². The molecule has 0 bridgehead atoms. The number of hydrogen-bond donors (Lipinski definition) is 0. The van der Waals surface area contributed by atoms with Crippen molar-refractivity contribution in [1.29, 1.82) is 0 Å². The van der Waals surface area contributed by atoms with Crippen molar-refractivity contribution in [2.45, 2.75) is 25.0 Å². The van der Waals surface area contributed by atoms with Crippen LogP contribution in [0.3, 0.4) is 0 Å². The van der Waals surface area contributed by atoms with E-state index in [1.54, 1.807) is 17.1 Å². The first-order valence-corrected chi connectivity index (χ1v) is 6.46. The predicted molar refractivity (Wildman–Crippen MR) is 66.5 cm³/mol. The first-order chi connectivity index (χ1) is 9.04. The molecule has 0 atom stereocenters. The van der Waals surface area contributed by atoms with E-state index in [1.165, 1.54) is 0 Å². The van der Waals surface area contributed by atoms with Gasteiger partial charge in [0.2, 0.25) is 5.91 Å². The summed E-state index contributed by atoms with van der Waals surface area (Å²) in [6.45, 7) is 6.68. The number of nitrogens with zero attached hydrogens (tertiary/aromatic N) is 3. The normalized spacial score (nSPS) is 22.3. The van der Waals surface area contributed by atoms with Crippen LogP contribution >= 0.6 is 0 Å². The Morgan fingerprint density at radius 2 is 2.26 bits per heavy atom. The fourth-order valence-corrected chi connectivity index (χ4v) is 2.55. The molecule has 103 valence electrons. The standard InChI is InChI=1S/C13H18N3O3/c1-12(2,16-5-3-4-14-16)11(17)15-6-7-19-13(8-15)9-18-10-13/h4-5H,6-10H2,1-2H3. The van der Waals surface area contributed by atoms with Crippen molar-refractivity contribution in [2.24, 2.45) is 0 Å². The SMILES string of the molecule is CC(C)(C(=O)N1CCOC2(COC2)C1)n1c[c]cn1. The topological polar surface area (TPSA) is 56.6 Å². The van der Waals surface area contributed by atoms with Gasteiger partial charge in [-0.15, -0.1) is 0 Å². The Bertz CT molecular complexity index is 465. The number of rotatable bonds is 2. The molecule has 2 saturated heterocycles. The van der Waals surface area contributed by atoms with Crippen LogP contribution in [0.25, 0.3) is 0 Å². The highest BCUT2D eigenvalue weighted by Gasteiger charge is 2.47. The second-order valence-electron chi connectivity index (χ2n) is 5.69. The van der Waals surface area contributed by atoms with Crippen LogP contribution in [-0.4, -0.2) is 59.1 Å². The van der Waals surface area contributed by atoms with E-state index in [0.717, 1.165) is 0 Å². The molecule has 0 saturated carbocycles. The van der Waals surface area contributed by atoms with Gasteiger partial charge in [-0.05, 0) is 13.8 Å². The highest BCUT2D eigenvalue weighted by Crippen LogP contribution is 2.28. The maximum absolute atomic E-state index is 12.7. The van der Waals surface area contributed by atoms with Gasteiger partial charge >= 0.3 is 0 Å².